The van der Waals surface area contributed by atoms with E-state index in [4.69, 9.17) is 16.3 Å². The Balaban J connectivity index is 2.53. The van der Waals surface area contributed by atoms with Gasteiger partial charge in [-0.3, -0.25) is 9.48 Å². The normalized spacial score (nSPS) is 10.5. The number of ether oxygens (including phenoxy) is 1. The lowest BCUT2D eigenvalue weighted by molar-refractivity contribution is 0.102. The van der Waals surface area contributed by atoms with Crippen LogP contribution < -0.4 is 4.74 Å². The number of nitrogens with zero attached hydrogens (tertiary/aromatic N) is 2. The number of aromatic nitrogens is 2. The van der Waals surface area contributed by atoms with E-state index in [0.717, 1.165) is 5.56 Å². The van der Waals surface area contributed by atoms with Crippen LogP contribution in [-0.2, 0) is 6.54 Å². The summed E-state index contributed by atoms with van der Waals surface area (Å²) >= 11 is 6.05. The first-order valence-electron chi connectivity index (χ1n) is 5.99. The van der Waals surface area contributed by atoms with Crippen LogP contribution in [0.3, 0.4) is 0 Å². The molecule has 100 valence electrons. The zero-order valence-corrected chi connectivity index (χ0v) is 11.9. The van der Waals surface area contributed by atoms with Gasteiger partial charge in [0.2, 0.25) is 5.78 Å². The van der Waals surface area contributed by atoms with Crippen LogP contribution in [0, 0.1) is 6.92 Å². The number of benzene rings is 1. The number of carbonyl (C=O) groups is 1. The molecule has 2 aromatic rings. The molecule has 1 heterocycles. The van der Waals surface area contributed by atoms with Crippen molar-refractivity contribution in [1.29, 1.82) is 0 Å². The van der Waals surface area contributed by atoms with Crippen LogP contribution in [-0.4, -0.2) is 22.7 Å². The molecule has 0 saturated heterocycles. The third kappa shape index (κ3) is 2.49. The average molecular weight is 279 g/mol. The zero-order valence-electron chi connectivity index (χ0n) is 11.1. The molecule has 0 atom stereocenters. The molecule has 0 aliphatic carbocycles. The van der Waals surface area contributed by atoms with Crippen molar-refractivity contribution in [3.8, 4) is 5.75 Å². The van der Waals surface area contributed by atoms with Crippen LogP contribution in [0.5, 0.6) is 5.75 Å². The van der Waals surface area contributed by atoms with E-state index in [-0.39, 0.29) is 5.78 Å². The van der Waals surface area contributed by atoms with Gasteiger partial charge in [0.1, 0.15) is 11.4 Å². The Labute approximate surface area is 116 Å². The zero-order chi connectivity index (χ0) is 14.0. The standard InChI is InChI=1S/C14H15ClN2O2/c1-4-17-13(11(15)8-16-17)14(18)10-6-5-9(2)7-12(10)19-3/h5-8H,4H2,1-3H3. The van der Waals surface area contributed by atoms with Gasteiger partial charge in [0.15, 0.2) is 0 Å². The molecule has 1 aromatic heterocycles. The van der Waals surface area contributed by atoms with Gasteiger partial charge in [0.25, 0.3) is 0 Å². The lowest BCUT2D eigenvalue weighted by Gasteiger charge is -2.10. The van der Waals surface area contributed by atoms with Gasteiger partial charge in [-0.1, -0.05) is 17.7 Å². The summed E-state index contributed by atoms with van der Waals surface area (Å²) in [5.74, 6) is 0.367. The van der Waals surface area contributed by atoms with Crippen molar-refractivity contribution in [2.24, 2.45) is 0 Å². The fraction of sp³-hybridized carbons (Fsp3) is 0.286. The summed E-state index contributed by atoms with van der Waals surface area (Å²) < 4.78 is 6.85. The van der Waals surface area contributed by atoms with E-state index in [1.54, 1.807) is 17.9 Å². The highest BCUT2D eigenvalue weighted by Gasteiger charge is 2.21. The molecule has 5 heteroatoms. The van der Waals surface area contributed by atoms with Gasteiger partial charge in [0, 0.05) is 6.54 Å². The van der Waals surface area contributed by atoms with E-state index in [2.05, 4.69) is 5.10 Å². The molecular formula is C14H15ClN2O2. The molecular weight excluding hydrogens is 264 g/mol. The number of ketones is 1. The van der Waals surface area contributed by atoms with Gasteiger partial charge in [0.05, 0.1) is 23.9 Å². The monoisotopic (exact) mass is 278 g/mol. The summed E-state index contributed by atoms with van der Waals surface area (Å²) in [6, 6.07) is 5.45. The average Bonchev–Trinajstić information content (AvgIpc) is 2.78. The lowest BCUT2D eigenvalue weighted by Crippen LogP contribution is -2.12. The second-order valence-corrected chi connectivity index (χ2v) is 4.60. The first kappa shape index (κ1) is 13.6. The molecule has 0 fully saturated rings. The number of methoxy groups -OCH3 is 1. The van der Waals surface area contributed by atoms with Crippen molar-refractivity contribution in [2.45, 2.75) is 20.4 Å². The Hall–Kier alpha value is -1.81. The van der Waals surface area contributed by atoms with E-state index in [1.165, 1.54) is 6.20 Å². The molecule has 4 nitrogen and oxygen atoms in total. The molecule has 0 amide bonds. The van der Waals surface area contributed by atoms with E-state index in [0.29, 0.717) is 28.6 Å². The molecule has 0 aliphatic heterocycles. The third-order valence-corrected chi connectivity index (χ3v) is 3.19. The summed E-state index contributed by atoms with van der Waals surface area (Å²) in [6.07, 6.45) is 1.49. The maximum atomic E-state index is 12.6. The number of halogens is 1. The quantitative estimate of drug-likeness (QED) is 0.807. The van der Waals surface area contributed by atoms with Crippen molar-refractivity contribution >= 4 is 17.4 Å². The Morgan fingerprint density at radius 3 is 2.84 bits per heavy atom. The van der Waals surface area contributed by atoms with Crippen LogP contribution in [0.2, 0.25) is 5.02 Å². The van der Waals surface area contributed by atoms with Crippen LogP contribution in [0.25, 0.3) is 0 Å². The summed E-state index contributed by atoms with van der Waals surface area (Å²) in [7, 11) is 1.55. The Morgan fingerprint density at radius 2 is 2.21 bits per heavy atom. The highest BCUT2D eigenvalue weighted by atomic mass is 35.5. The first-order valence-corrected chi connectivity index (χ1v) is 6.37. The second-order valence-electron chi connectivity index (χ2n) is 4.19. The molecule has 0 N–H and O–H groups in total. The molecule has 0 saturated carbocycles. The molecule has 1 aromatic carbocycles. The lowest BCUT2D eigenvalue weighted by atomic mass is 10.0. The SMILES string of the molecule is CCn1ncc(Cl)c1C(=O)c1ccc(C)cc1OC. The molecule has 0 unspecified atom stereocenters. The maximum Gasteiger partial charge on any atom is 0.216 e. The minimum Gasteiger partial charge on any atom is -0.496 e. The van der Waals surface area contributed by atoms with Crippen molar-refractivity contribution in [2.75, 3.05) is 7.11 Å². The van der Waals surface area contributed by atoms with Gasteiger partial charge in [-0.2, -0.15) is 5.10 Å². The highest BCUT2D eigenvalue weighted by Crippen LogP contribution is 2.26. The predicted octanol–water partition coefficient (Wildman–Crippen LogP) is 3.10. The van der Waals surface area contributed by atoms with Crippen molar-refractivity contribution in [3.05, 3.63) is 46.2 Å². The second kappa shape index (κ2) is 5.45. The number of hydrogen-bond donors (Lipinski definition) is 0. The smallest absolute Gasteiger partial charge is 0.216 e. The van der Waals surface area contributed by atoms with Crippen molar-refractivity contribution in [1.82, 2.24) is 9.78 Å². The molecule has 0 bridgehead atoms. The van der Waals surface area contributed by atoms with Gasteiger partial charge in [-0.15, -0.1) is 0 Å². The van der Waals surface area contributed by atoms with Gasteiger partial charge in [-0.25, -0.2) is 0 Å². The maximum absolute atomic E-state index is 12.6. The van der Waals surface area contributed by atoms with Crippen LogP contribution in [0.1, 0.15) is 28.5 Å². The molecule has 0 radical (unpaired) electrons. The Morgan fingerprint density at radius 1 is 1.47 bits per heavy atom. The summed E-state index contributed by atoms with van der Waals surface area (Å²) in [4.78, 5) is 12.6. The number of hydrogen-bond acceptors (Lipinski definition) is 3. The molecule has 19 heavy (non-hydrogen) atoms. The van der Waals surface area contributed by atoms with Crippen molar-refractivity contribution < 1.29 is 9.53 Å². The third-order valence-electron chi connectivity index (χ3n) is 2.91. The fourth-order valence-electron chi connectivity index (χ4n) is 1.94. The first-order chi connectivity index (χ1) is 9.08. The Kier molecular flexibility index (Phi) is 3.90. The molecule has 0 spiro atoms. The van der Waals surface area contributed by atoms with Gasteiger partial charge in [-0.05, 0) is 31.5 Å². The number of carbonyl (C=O) groups excluding carboxylic acids is 1. The minimum absolute atomic E-state index is 0.179. The minimum atomic E-state index is -0.179. The van der Waals surface area contributed by atoms with Gasteiger partial charge < -0.3 is 4.74 Å². The van der Waals surface area contributed by atoms with E-state index in [1.807, 2.05) is 26.0 Å². The van der Waals surface area contributed by atoms with Crippen LogP contribution >= 0.6 is 11.6 Å². The van der Waals surface area contributed by atoms with E-state index < -0.39 is 0 Å². The fourth-order valence-corrected chi connectivity index (χ4v) is 2.17. The predicted molar refractivity (Wildman–Crippen MR) is 74.1 cm³/mol. The van der Waals surface area contributed by atoms with Gasteiger partial charge >= 0.3 is 0 Å². The van der Waals surface area contributed by atoms with E-state index in [9.17, 15) is 4.79 Å². The highest BCUT2D eigenvalue weighted by molar-refractivity contribution is 6.34. The molecule has 0 aliphatic rings. The summed E-state index contributed by atoms with van der Waals surface area (Å²) in [6.45, 7) is 4.44. The number of rotatable bonds is 4. The summed E-state index contributed by atoms with van der Waals surface area (Å²) in [5.41, 5.74) is 1.92. The van der Waals surface area contributed by atoms with Crippen LogP contribution in [0.4, 0.5) is 0 Å². The largest absolute Gasteiger partial charge is 0.496 e. The van der Waals surface area contributed by atoms with Crippen molar-refractivity contribution in [3.63, 3.8) is 0 Å². The molecule has 2 rings (SSSR count). The van der Waals surface area contributed by atoms with Crippen LogP contribution in [0.15, 0.2) is 24.4 Å². The van der Waals surface area contributed by atoms with E-state index >= 15 is 0 Å². The topological polar surface area (TPSA) is 44.1 Å². The summed E-state index contributed by atoms with van der Waals surface area (Å²) in [5, 5.41) is 4.43. The number of aryl methyl sites for hydroxylation is 2. The Bertz CT molecular complexity index is 620.